The maximum Gasteiger partial charge on any atom is 0.131 e. The summed E-state index contributed by atoms with van der Waals surface area (Å²) in [5.74, 6) is 4.10. The first kappa shape index (κ1) is 12.9. The Hall–Kier alpha value is -1.56. The standard InChI is InChI=1S/C12H10ClF2N3/c13-11-4-1-7(6-17-11)12(18-16)9-3-2-8(14)5-10(9)15/h1-6,12,18H,16H2. The van der Waals surface area contributed by atoms with Gasteiger partial charge in [0, 0.05) is 17.8 Å². The fraction of sp³-hybridized carbons (Fsp3) is 0.0833. The molecule has 1 aromatic heterocycles. The zero-order valence-electron chi connectivity index (χ0n) is 9.20. The van der Waals surface area contributed by atoms with E-state index in [9.17, 15) is 8.78 Å². The molecule has 3 nitrogen and oxygen atoms in total. The zero-order valence-corrected chi connectivity index (χ0v) is 9.96. The minimum atomic E-state index is -0.673. The fourth-order valence-corrected chi connectivity index (χ4v) is 1.77. The van der Waals surface area contributed by atoms with Crippen molar-refractivity contribution in [1.82, 2.24) is 10.4 Å². The van der Waals surface area contributed by atoms with E-state index in [-0.39, 0.29) is 5.56 Å². The summed E-state index contributed by atoms with van der Waals surface area (Å²) in [6.07, 6.45) is 1.48. The van der Waals surface area contributed by atoms with Gasteiger partial charge in [0.05, 0.1) is 6.04 Å². The van der Waals surface area contributed by atoms with E-state index in [1.54, 1.807) is 12.1 Å². The summed E-state index contributed by atoms with van der Waals surface area (Å²) in [5, 5.41) is 0.328. The third-order valence-electron chi connectivity index (χ3n) is 2.52. The zero-order chi connectivity index (χ0) is 13.1. The topological polar surface area (TPSA) is 50.9 Å². The first-order valence-electron chi connectivity index (χ1n) is 5.14. The third kappa shape index (κ3) is 2.64. The molecule has 0 fully saturated rings. The van der Waals surface area contributed by atoms with Crippen LogP contribution in [0, 0.1) is 11.6 Å². The molecule has 94 valence electrons. The maximum absolute atomic E-state index is 13.7. The van der Waals surface area contributed by atoms with Gasteiger partial charge in [0.2, 0.25) is 0 Å². The Bertz CT molecular complexity index is 546. The predicted octanol–water partition coefficient (Wildman–Crippen LogP) is 2.57. The fourth-order valence-electron chi connectivity index (χ4n) is 1.66. The Morgan fingerprint density at radius 3 is 2.56 bits per heavy atom. The lowest BCUT2D eigenvalue weighted by molar-refractivity contribution is 0.541. The number of nitrogens with one attached hydrogen (secondary N) is 1. The van der Waals surface area contributed by atoms with Gasteiger partial charge >= 0.3 is 0 Å². The molecule has 3 N–H and O–H groups in total. The van der Waals surface area contributed by atoms with Crippen LogP contribution in [-0.2, 0) is 0 Å². The van der Waals surface area contributed by atoms with Crippen molar-refractivity contribution in [1.29, 1.82) is 0 Å². The molecular formula is C12H10ClF2N3. The molecule has 0 aliphatic rings. The molecule has 0 saturated carbocycles. The number of halogens is 3. The number of aromatic nitrogens is 1. The van der Waals surface area contributed by atoms with E-state index < -0.39 is 17.7 Å². The first-order chi connectivity index (χ1) is 8.61. The lowest BCUT2D eigenvalue weighted by Gasteiger charge is -2.17. The SMILES string of the molecule is NNC(c1ccc(Cl)nc1)c1ccc(F)cc1F. The van der Waals surface area contributed by atoms with Crippen molar-refractivity contribution in [2.75, 3.05) is 0 Å². The summed E-state index contributed by atoms with van der Waals surface area (Å²) in [7, 11) is 0. The van der Waals surface area contributed by atoms with Crippen LogP contribution in [0.5, 0.6) is 0 Å². The van der Waals surface area contributed by atoms with Gasteiger partial charge in [0.25, 0.3) is 0 Å². The average molecular weight is 270 g/mol. The van der Waals surface area contributed by atoms with Crippen LogP contribution < -0.4 is 11.3 Å². The summed E-state index contributed by atoms with van der Waals surface area (Å²) in [6, 6.07) is 5.94. The molecule has 0 aliphatic carbocycles. The molecule has 2 aromatic rings. The van der Waals surface area contributed by atoms with Crippen LogP contribution >= 0.6 is 11.6 Å². The molecule has 0 saturated heterocycles. The van der Waals surface area contributed by atoms with Crippen molar-refractivity contribution >= 4 is 11.6 Å². The van der Waals surface area contributed by atoms with Gasteiger partial charge in [-0.2, -0.15) is 0 Å². The Morgan fingerprint density at radius 2 is 2.00 bits per heavy atom. The van der Waals surface area contributed by atoms with Crippen molar-refractivity contribution in [3.63, 3.8) is 0 Å². The molecule has 18 heavy (non-hydrogen) atoms. The molecule has 1 aromatic carbocycles. The van der Waals surface area contributed by atoms with Crippen LogP contribution in [0.25, 0.3) is 0 Å². The second kappa shape index (κ2) is 5.39. The smallest absolute Gasteiger partial charge is 0.131 e. The van der Waals surface area contributed by atoms with Crippen LogP contribution in [0.2, 0.25) is 5.15 Å². The number of hydrogen-bond donors (Lipinski definition) is 2. The van der Waals surface area contributed by atoms with Gasteiger partial charge in [0.15, 0.2) is 0 Å². The second-order valence-corrected chi connectivity index (χ2v) is 4.07. The lowest BCUT2D eigenvalue weighted by atomic mass is 10.0. The Morgan fingerprint density at radius 1 is 1.22 bits per heavy atom. The minimum absolute atomic E-state index is 0.239. The number of hydrogen-bond acceptors (Lipinski definition) is 3. The highest BCUT2D eigenvalue weighted by molar-refractivity contribution is 6.29. The molecule has 0 bridgehead atoms. The summed E-state index contributed by atoms with van der Waals surface area (Å²) in [4.78, 5) is 3.89. The molecule has 1 atom stereocenters. The van der Waals surface area contributed by atoms with Gasteiger partial charge in [-0.25, -0.2) is 19.2 Å². The minimum Gasteiger partial charge on any atom is -0.271 e. The number of nitrogens with two attached hydrogens (primary N) is 1. The van der Waals surface area contributed by atoms with Gasteiger partial charge in [-0.1, -0.05) is 23.7 Å². The van der Waals surface area contributed by atoms with Crippen molar-refractivity contribution in [3.8, 4) is 0 Å². The normalized spacial score (nSPS) is 12.4. The van der Waals surface area contributed by atoms with E-state index in [0.29, 0.717) is 10.7 Å². The molecule has 0 radical (unpaired) electrons. The van der Waals surface area contributed by atoms with Gasteiger partial charge in [0.1, 0.15) is 16.8 Å². The lowest BCUT2D eigenvalue weighted by Crippen LogP contribution is -2.29. The van der Waals surface area contributed by atoms with Crippen LogP contribution in [0.3, 0.4) is 0 Å². The van der Waals surface area contributed by atoms with E-state index in [2.05, 4.69) is 10.4 Å². The van der Waals surface area contributed by atoms with E-state index in [1.165, 1.54) is 18.3 Å². The number of benzene rings is 1. The summed E-state index contributed by atoms with van der Waals surface area (Å²) < 4.78 is 26.5. The van der Waals surface area contributed by atoms with Crippen molar-refractivity contribution in [3.05, 3.63) is 64.4 Å². The largest absolute Gasteiger partial charge is 0.271 e. The quantitative estimate of drug-likeness (QED) is 0.511. The molecule has 6 heteroatoms. The van der Waals surface area contributed by atoms with E-state index in [4.69, 9.17) is 17.4 Å². The van der Waals surface area contributed by atoms with E-state index in [1.807, 2.05) is 0 Å². The highest BCUT2D eigenvalue weighted by atomic mass is 35.5. The highest BCUT2D eigenvalue weighted by Crippen LogP contribution is 2.24. The third-order valence-corrected chi connectivity index (χ3v) is 2.75. The van der Waals surface area contributed by atoms with Crippen molar-refractivity contribution in [2.45, 2.75) is 6.04 Å². The van der Waals surface area contributed by atoms with E-state index >= 15 is 0 Å². The molecule has 1 heterocycles. The summed E-state index contributed by atoms with van der Waals surface area (Å²) >= 11 is 5.67. The first-order valence-corrected chi connectivity index (χ1v) is 5.52. The van der Waals surface area contributed by atoms with Crippen LogP contribution in [0.4, 0.5) is 8.78 Å². The van der Waals surface area contributed by atoms with E-state index in [0.717, 1.165) is 6.07 Å². The highest BCUT2D eigenvalue weighted by Gasteiger charge is 2.17. The molecule has 2 rings (SSSR count). The van der Waals surface area contributed by atoms with Crippen LogP contribution in [0.1, 0.15) is 17.2 Å². The Balaban J connectivity index is 2.41. The van der Waals surface area contributed by atoms with Gasteiger partial charge in [-0.05, 0) is 17.7 Å². The van der Waals surface area contributed by atoms with Crippen LogP contribution in [-0.4, -0.2) is 4.98 Å². The monoisotopic (exact) mass is 269 g/mol. The van der Waals surface area contributed by atoms with Gasteiger partial charge < -0.3 is 0 Å². The molecule has 0 aliphatic heterocycles. The molecule has 0 amide bonds. The second-order valence-electron chi connectivity index (χ2n) is 3.68. The Labute approximate surface area is 108 Å². The number of hydrazine groups is 1. The average Bonchev–Trinajstić information content (AvgIpc) is 2.35. The van der Waals surface area contributed by atoms with Crippen LogP contribution in [0.15, 0.2) is 36.5 Å². The molecule has 1 unspecified atom stereocenters. The summed E-state index contributed by atoms with van der Waals surface area (Å²) in [6.45, 7) is 0. The van der Waals surface area contributed by atoms with Crippen molar-refractivity contribution < 1.29 is 8.78 Å². The number of rotatable bonds is 3. The number of nitrogens with zero attached hydrogens (tertiary/aromatic N) is 1. The summed E-state index contributed by atoms with van der Waals surface area (Å²) in [5.41, 5.74) is 3.34. The maximum atomic E-state index is 13.7. The van der Waals surface area contributed by atoms with Gasteiger partial charge in [-0.15, -0.1) is 0 Å². The predicted molar refractivity (Wildman–Crippen MR) is 64.8 cm³/mol. The van der Waals surface area contributed by atoms with Crippen molar-refractivity contribution in [2.24, 2.45) is 5.84 Å². The molecule has 0 spiro atoms. The molecular weight excluding hydrogens is 260 g/mol. The number of pyridine rings is 1. The van der Waals surface area contributed by atoms with Gasteiger partial charge in [-0.3, -0.25) is 5.84 Å². The Kier molecular flexibility index (Phi) is 3.86.